The zero-order valence-electron chi connectivity index (χ0n) is 15.6. The Kier molecular flexibility index (Phi) is 4.44. The smallest absolute Gasteiger partial charge is 0.414 e. The minimum absolute atomic E-state index is 0.223. The molecule has 0 unspecified atom stereocenters. The lowest BCUT2D eigenvalue weighted by Gasteiger charge is -2.24. The van der Waals surface area contributed by atoms with Gasteiger partial charge in [-0.25, -0.2) is 9.59 Å². The van der Waals surface area contributed by atoms with Crippen molar-refractivity contribution in [3.05, 3.63) is 29.8 Å². The minimum Gasteiger partial charge on any atom is -0.447 e. The van der Waals surface area contributed by atoms with Crippen molar-refractivity contribution in [1.82, 2.24) is 15.1 Å². The summed E-state index contributed by atoms with van der Waals surface area (Å²) in [6.45, 7) is 3.40. The lowest BCUT2D eigenvalue weighted by atomic mass is 9.91. The lowest BCUT2D eigenvalue weighted by molar-refractivity contribution is -0.138. The van der Waals surface area contributed by atoms with Gasteiger partial charge in [0.2, 0.25) is 5.91 Å². The van der Waals surface area contributed by atoms with Crippen LogP contribution in [0.5, 0.6) is 0 Å². The molecule has 0 aromatic heterocycles. The van der Waals surface area contributed by atoms with E-state index in [1.54, 1.807) is 36.1 Å². The van der Waals surface area contributed by atoms with Crippen LogP contribution >= 0.6 is 0 Å². The largest absolute Gasteiger partial charge is 0.447 e. The van der Waals surface area contributed by atoms with E-state index >= 15 is 0 Å². The van der Waals surface area contributed by atoms with Gasteiger partial charge in [-0.3, -0.25) is 19.4 Å². The van der Waals surface area contributed by atoms with Gasteiger partial charge in [0.15, 0.2) is 0 Å². The summed E-state index contributed by atoms with van der Waals surface area (Å²) in [5.41, 5.74) is -0.170. The molecule has 3 aliphatic rings. The fourth-order valence-electron chi connectivity index (χ4n) is 3.85. The van der Waals surface area contributed by atoms with Crippen LogP contribution in [0.3, 0.4) is 0 Å². The third-order valence-electron chi connectivity index (χ3n) is 5.52. The highest BCUT2D eigenvalue weighted by Crippen LogP contribution is 2.32. The Morgan fingerprint density at radius 2 is 1.93 bits per heavy atom. The molecule has 0 spiro atoms. The molecule has 9 heteroatoms. The van der Waals surface area contributed by atoms with Gasteiger partial charge in [-0.1, -0.05) is 12.1 Å². The first-order chi connectivity index (χ1) is 13.4. The summed E-state index contributed by atoms with van der Waals surface area (Å²) >= 11 is 0. The number of ether oxygens (including phenoxy) is 1. The highest BCUT2D eigenvalue weighted by atomic mass is 16.6. The third-order valence-corrected chi connectivity index (χ3v) is 5.52. The first-order valence-electron chi connectivity index (χ1n) is 9.37. The van der Waals surface area contributed by atoms with Gasteiger partial charge in [0.05, 0.1) is 6.54 Å². The molecule has 1 aromatic carbocycles. The number of imide groups is 1. The molecule has 3 saturated heterocycles. The SMILES string of the molecule is C[C@@]1(c2cccc(N3CCOC3=O)c2)NC(=O)N(CC(=O)N2CCCC2)C1=O. The van der Waals surface area contributed by atoms with Gasteiger partial charge in [-0.2, -0.15) is 0 Å². The number of carbonyl (C=O) groups excluding carboxylic acids is 4. The van der Waals surface area contributed by atoms with Crippen LogP contribution < -0.4 is 10.2 Å². The maximum atomic E-state index is 13.1. The van der Waals surface area contributed by atoms with E-state index in [0.29, 0.717) is 37.5 Å². The molecular weight excluding hydrogens is 364 g/mol. The van der Waals surface area contributed by atoms with Gasteiger partial charge in [0.1, 0.15) is 18.7 Å². The van der Waals surface area contributed by atoms with Crippen molar-refractivity contribution in [3.63, 3.8) is 0 Å². The molecule has 148 valence electrons. The van der Waals surface area contributed by atoms with E-state index in [1.165, 1.54) is 4.90 Å². The fraction of sp³-hybridized carbons (Fsp3) is 0.474. The van der Waals surface area contributed by atoms with Gasteiger partial charge < -0.3 is 15.0 Å². The molecule has 0 saturated carbocycles. The quantitative estimate of drug-likeness (QED) is 0.780. The van der Waals surface area contributed by atoms with E-state index in [4.69, 9.17) is 4.74 Å². The molecule has 0 aliphatic carbocycles. The molecule has 1 aromatic rings. The lowest BCUT2D eigenvalue weighted by Crippen LogP contribution is -2.44. The van der Waals surface area contributed by atoms with E-state index < -0.39 is 23.6 Å². The monoisotopic (exact) mass is 386 g/mol. The number of likely N-dealkylation sites (tertiary alicyclic amines) is 1. The number of anilines is 1. The highest BCUT2D eigenvalue weighted by Gasteiger charge is 2.50. The average molecular weight is 386 g/mol. The van der Waals surface area contributed by atoms with Crippen molar-refractivity contribution in [2.24, 2.45) is 0 Å². The maximum Gasteiger partial charge on any atom is 0.414 e. The predicted molar refractivity (Wildman–Crippen MR) is 98.5 cm³/mol. The second-order valence-electron chi connectivity index (χ2n) is 7.35. The summed E-state index contributed by atoms with van der Waals surface area (Å²) < 4.78 is 4.96. The second kappa shape index (κ2) is 6.81. The van der Waals surface area contributed by atoms with Crippen molar-refractivity contribution in [1.29, 1.82) is 0 Å². The predicted octanol–water partition coefficient (Wildman–Crippen LogP) is 1.03. The van der Waals surface area contributed by atoms with Crippen molar-refractivity contribution >= 4 is 29.6 Å². The van der Waals surface area contributed by atoms with Crippen LogP contribution in [0, 0.1) is 0 Å². The van der Waals surface area contributed by atoms with Crippen LogP contribution in [0.4, 0.5) is 15.3 Å². The molecule has 9 nitrogen and oxygen atoms in total. The molecule has 3 heterocycles. The van der Waals surface area contributed by atoms with E-state index in [0.717, 1.165) is 17.7 Å². The fourth-order valence-corrected chi connectivity index (χ4v) is 3.85. The number of benzene rings is 1. The average Bonchev–Trinajstić information content (AvgIpc) is 3.40. The van der Waals surface area contributed by atoms with Crippen LogP contribution in [0.1, 0.15) is 25.3 Å². The molecule has 3 fully saturated rings. The second-order valence-corrected chi connectivity index (χ2v) is 7.35. The highest BCUT2D eigenvalue weighted by molar-refractivity contribution is 6.09. The van der Waals surface area contributed by atoms with Gasteiger partial charge in [-0.15, -0.1) is 0 Å². The zero-order chi connectivity index (χ0) is 19.9. The standard InChI is InChI=1S/C19H22N4O5/c1-19(13-5-4-6-14(11-13)22-9-10-28-18(22)27)16(25)23(17(26)20-19)12-15(24)21-7-2-3-8-21/h4-6,11H,2-3,7-10,12H2,1H3,(H,20,26)/t19-/m0/s1. The first-order valence-corrected chi connectivity index (χ1v) is 9.37. The van der Waals surface area contributed by atoms with E-state index in [1.807, 2.05) is 0 Å². The van der Waals surface area contributed by atoms with Gasteiger partial charge in [0.25, 0.3) is 5.91 Å². The minimum atomic E-state index is -1.30. The van der Waals surface area contributed by atoms with Crippen LogP contribution in [0.2, 0.25) is 0 Å². The summed E-state index contributed by atoms with van der Waals surface area (Å²) in [5, 5.41) is 2.70. The number of hydrogen-bond acceptors (Lipinski definition) is 5. The Hall–Kier alpha value is -3.10. The Morgan fingerprint density at radius 1 is 1.18 bits per heavy atom. The molecular formula is C19H22N4O5. The molecule has 5 amide bonds. The Bertz CT molecular complexity index is 850. The van der Waals surface area contributed by atoms with E-state index in [9.17, 15) is 19.2 Å². The van der Waals surface area contributed by atoms with Crippen LogP contribution in [-0.4, -0.2) is 66.5 Å². The molecule has 28 heavy (non-hydrogen) atoms. The van der Waals surface area contributed by atoms with E-state index in [-0.39, 0.29) is 12.5 Å². The van der Waals surface area contributed by atoms with Gasteiger partial charge in [-0.05, 0) is 37.5 Å². The molecule has 4 rings (SSSR count). The van der Waals surface area contributed by atoms with Crippen LogP contribution in [-0.2, 0) is 19.9 Å². The Morgan fingerprint density at radius 3 is 2.61 bits per heavy atom. The Balaban J connectivity index is 1.56. The van der Waals surface area contributed by atoms with Crippen molar-refractivity contribution < 1.29 is 23.9 Å². The molecule has 3 aliphatic heterocycles. The normalized spacial score (nSPS) is 24.8. The van der Waals surface area contributed by atoms with Crippen molar-refractivity contribution in [3.8, 4) is 0 Å². The molecule has 1 N–H and O–H groups in total. The number of urea groups is 1. The molecule has 0 bridgehead atoms. The summed E-state index contributed by atoms with van der Waals surface area (Å²) in [6, 6.07) is 6.28. The number of hydrogen-bond donors (Lipinski definition) is 1. The summed E-state index contributed by atoms with van der Waals surface area (Å²) in [6.07, 6.45) is 1.44. The zero-order valence-corrected chi connectivity index (χ0v) is 15.6. The number of cyclic esters (lactones) is 1. The summed E-state index contributed by atoms with van der Waals surface area (Å²) in [7, 11) is 0. The number of amides is 5. The maximum absolute atomic E-state index is 13.1. The molecule has 1 atom stereocenters. The number of rotatable bonds is 4. The number of nitrogens with one attached hydrogen (secondary N) is 1. The summed E-state index contributed by atoms with van der Waals surface area (Å²) in [5.74, 6) is -0.704. The molecule has 0 radical (unpaired) electrons. The van der Waals surface area contributed by atoms with Crippen LogP contribution in [0.25, 0.3) is 0 Å². The van der Waals surface area contributed by atoms with Gasteiger partial charge >= 0.3 is 12.1 Å². The Labute approximate surface area is 162 Å². The topological polar surface area (TPSA) is 99.3 Å². The first kappa shape index (κ1) is 18.3. The van der Waals surface area contributed by atoms with Gasteiger partial charge in [0, 0.05) is 18.8 Å². The van der Waals surface area contributed by atoms with Crippen LogP contribution in [0.15, 0.2) is 24.3 Å². The summed E-state index contributed by atoms with van der Waals surface area (Å²) in [4.78, 5) is 53.8. The van der Waals surface area contributed by atoms with Crippen molar-refractivity contribution in [2.45, 2.75) is 25.3 Å². The number of carbonyl (C=O) groups is 4. The third kappa shape index (κ3) is 2.96. The van der Waals surface area contributed by atoms with Crippen molar-refractivity contribution in [2.75, 3.05) is 37.7 Å². The van der Waals surface area contributed by atoms with E-state index in [2.05, 4.69) is 5.32 Å². The number of nitrogens with zero attached hydrogens (tertiary/aromatic N) is 3.